The third-order valence-corrected chi connectivity index (χ3v) is 2.56. The molecule has 1 rings (SSSR count). The van der Waals surface area contributed by atoms with Crippen molar-refractivity contribution in [3.63, 3.8) is 0 Å². The second-order valence-electron chi connectivity index (χ2n) is 3.47. The SMILES string of the molecule is CCC(Cl)Oc1ccc(C(C)=O)c(C)c1. The molecule has 0 aliphatic heterocycles. The van der Waals surface area contributed by atoms with Gasteiger partial charge in [0.15, 0.2) is 11.3 Å². The van der Waals surface area contributed by atoms with E-state index in [2.05, 4.69) is 0 Å². The monoisotopic (exact) mass is 226 g/mol. The lowest BCUT2D eigenvalue weighted by Gasteiger charge is -2.12. The largest absolute Gasteiger partial charge is 0.475 e. The van der Waals surface area contributed by atoms with E-state index in [4.69, 9.17) is 16.3 Å². The third-order valence-electron chi connectivity index (χ3n) is 2.16. The summed E-state index contributed by atoms with van der Waals surface area (Å²) in [6.45, 7) is 5.40. The van der Waals surface area contributed by atoms with Crippen molar-refractivity contribution in [3.8, 4) is 5.75 Å². The number of ketones is 1. The first-order chi connectivity index (χ1) is 7.04. The van der Waals surface area contributed by atoms with E-state index in [1.807, 2.05) is 19.9 Å². The van der Waals surface area contributed by atoms with E-state index in [0.717, 1.165) is 17.5 Å². The number of carbonyl (C=O) groups is 1. The Hall–Kier alpha value is -1.02. The Kier molecular flexibility index (Phi) is 4.15. The number of ether oxygens (including phenoxy) is 1. The predicted octanol–water partition coefficient (Wildman–Crippen LogP) is 3.55. The minimum atomic E-state index is -0.312. The number of benzene rings is 1. The fraction of sp³-hybridized carbons (Fsp3) is 0.417. The van der Waals surface area contributed by atoms with Crippen molar-refractivity contribution < 1.29 is 9.53 Å². The lowest BCUT2D eigenvalue weighted by atomic mass is 10.1. The van der Waals surface area contributed by atoms with Crippen LogP contribution in [0.15, 0.2) is 18.2 Å². The van der Waals surface area contributed by atoms with Gasteiger partial charge in [-0.05, 0) is 44.0 Å². The maximum atomic E-state index is 11.2. The topological polar surface area (TPSA) is 26.3 Å². The van der Waals surface area contributed by atoms with Crippen LogP contribution in [0, 0.1) is 6.92 Å². The molecule has 0 aromatic heterocycles. The maximum Gasteiger partial charge on any atom is 0.171 e. The second-order valence-corrected chi connectivity index (χ2v) is 3.96. The Morgan fingerprint density at radius 3 is 2.67 bits per heavy atom. The third kappa shape index (κ3) is 3.24. The molecule has 0 aliphatic rings. The molecule has 0 heterocycles. The number of hydrogen-bond donors (Lipinski definition) is 0. The van der Waals surface area contributed by atoms with Crippen LogP contribution >= 0.6 is 11.6 Å². The van der Waals surface area contributed by atoms with Gasteiger partial charge >= 0.3 is 0 Å². The van der Waals surface area contributed by atoms with Gasteiger partial charge in [0.2, 0.25) is 0 Å². The van der Waals surface area contributed by atoms with E-state index in [9.17, 15) is 4.79 Å². The Morgan fingerprint density at radius 2 is 2.20 bits per heavy atom. The molecule has 3 heteroatoms. The summed E-state index contributed by atoms with van der Waals surface area (Å²) >= 11 is 5.87. The zero-order valence-corrected chi connectivity index (χ0v) is 9.97. The van der Waals surface area contributed by atoms with Gasteiger partial charge in [-0.15, -0.1) is 0 Å². The van der Waals surface area contributed by atoms with E-state index < -0.39 is 0 Å². The fourth-order valence-corrected chi connectivity index (χ4v) is 1.44. The summed E-state index contributed by atoms with van der Waals surface area (Å²) in [5.41, 5.74) is 1.33. The highest BCUT2D eigenvalue weighted by molar-refractivity contribution is 6.19. The number of Topliss-reactive ketones (excluding diaryl/α,β-unsaturated/α-hetero) is 1. The van der Waals surface area contributed by atoms with Gasteiger partial charge in [0.1, 0.15) is 5.75 Å². The highest BCUT2D eigenvalue weighted by Gasteiger charge is 2.07. The first-order valence-electron chi connectivity index (χ1n) is 4.97. The molecule has 0 aliphatic carbocycles. The average molecular weight is 227 g/mol. The Bertz CT molecular complexity index is 361. The number of carbonyl (C=O) groups excluding carboxylic acids is 1. The lowest BCUT2D eigenvalue weighted by Crippen LogP contribution is -2.07. The molecule has 1 aromatic carbocycles. The van der Waals surface area contributed by atoms with Crippen LogP contribution in [-0.4, -0.2) is 11.3 Å². The number of aryl methyl sites for hydroxylation is 1. The van der Waals surface area contributed by atoms with Crippen LogP contribution in [0.2, 0.25) is 0 Å². The van der Waals surface area contributed by atoms with Gasteiger partial charge in [-0.1, -0.05) is 18.5 Å². The molecule has 1 unspecified atom stereocenters. The van der Waals surface area contributed by atoms with Gasteiger partial charge < -0.3 is 4.74 Å². The highest BCUT2D eigenvalue weighted by atomic mass is 35.5. The molecule has 0 N–H and O–H groups in total. The molecule has 0 saturated heterocycles. The quantitative estimate of drug-likeness (QED) is 0.580. The zero-order chi connectivity index (χ0) is 11.4. The van der Waals surface area contributed by atoms with Crippen molar-refractivity contribution in [3.05, 3.63) is 29.3 Å². The Balaban J connectivity index is 2.87. The molecule has 0 spiro atoms. The number of rotatable bonds is 4. The van der Waals surface area contributed by atoms with Crippen LogP contribution in [0.25, 0.3) is 0 Å². The summed E-state index contributed by atoms with van der Waals surface area (Å²) in [6.07, 6.45) is 0.745. The molecule has 1 atom stereocenters. The first-order valence-corrected chi connectivity index (χ1v) is 5.40. The molecular formula is C12H15ClO2. The zero-order valence-electron chi connectivity index (χ0n) is 9.21. The number of alkyl halides is 1. The molecular weight excluding hydrogens is 212 g/mol. The van der Waals surface area contributed by atoms with E-state index >= 15 is 0 Å². The molecule has 0 bridgehead atoms. The summed E-state index contributed by atoms with van der Waals surface area (Å²) < 4.78 is 5.43. The average Bonchev–Trinajstić information content (AvgIpc) is 2.17. The van der Waals surface area contributed by atoms with Gasteiger partial charge in [-0.3, -0.25) is 4.79 Å². The van der Waals surface area contributed by atoms with Crippen LogP contribution < -0.4 is 4.74 Å². The van der Waals surface area contributed by atoms with Crippen LogP contribution in [0.5, 0.6) is 5.75 Å². The summed E-state index contributed by atoms with van der Waals surface area (Å²) in [4.78, 5) is 11.2. The van der Waals surface area contributed by atoms with Crippen molar-refractivity contribution in [2.45, 2.75) is 32.8 Å². The highest BCUT2D eigenvalue weighted by Crippen LogP contribution is 2.20. The molecule has 0 amide bonds. The van der Waals surface area contributed by atoms with Gasteiger partial charge in [-0.2, -0.15) is 0 Å². The summed E-state index contributed by atoms with van der Waals surface area (Å²) in [5, 5.41) is 0. The van der Waals surface area contributed by atoms with Gasteiger partial charge in [0.05, 0.1) is 0 Å². The molecule has 82 valence electrons. The van der Waals surface area contributed by atoms with E-state index in [1.54, 1.807) is 19.1 Å². The molecule has 0 radical (unpaired) electrons. The molecule has 0 fully saturated rings. The summed E-state index contributed by atoms with van der Waals surface area (Å²) in [7, 11) is 0. The smallest absolute Gasteiger partial charge is 0.171 e. The maximum absolute atomic E-state index is 11.2. The van der Waals surface area contributed by atoms with Gasteiger partial charge in [-0.25, -0.2) is 0 Å². The normalized spacial score (nSPS) is 12.3. The van der Waals surface area contributed by atoms with Crippen LogP contribution in [0.3, 0.4) is 0 Å². The van der Waals surface area contributed by atoms with E-state index in [0.29, 0.717) is 5.75 Å². The fourth-order valence-electron chi connectivity index (χ4n) is 1.34. The number of hydrogen-bond acceptors (Lipinski definition) is 2. The molecule has 2 nitrogen and oxygen atoms in total. The standard InChI is InChI=1S/C12H15ClO2/c1-4-12(13)15-10-5-6-11(9(3)14)8(2)7-10/h5-7,12H,4H2,1-3H3. The Labute approximate surface area is 95.2 Å². The van der Waals surface area contributed by atoms with Gasteiger partial charge in [0, 0.05) is 5.56 Å². The lowest BCUT2D eigenvalue weighted by molar-refractivity contribution is 0.101. The van der Waals surface area contributed by atoms with Crippen molar-refractivity contribution in [1.82, 2.24) is 0 Å². The van der Waals surface area contributed by atoms with E-state index in [1.165, 1.54) is 0 Å². The van der Waals surface area contributed by atoms with E-state index in [-0.39, 0.29) is 11.3 Å². The van der Waals surface area contributed by atoms with Crippen LogP contribution in [-0.2, 0) is 0 Å². The summed E-state index contributed by atoms with van der Waals surface area (Å²) in [6, 6.07) is 5.38. The van der Waals surface area contributed by atoms with Crippen molar-refractivity contribution in [1.29, 1.82) is 0 Å². The predicted molar refractivity (Wildman–Crippen MR) is 61.7 cm³/mol. The van der Waals surface area contributed by atoms with Crippen LogP contribution in [0.4, 0.5) is 0 Å². The summed E-state index contributed by atoms with van der Waals surface area (Å²) in [5.74, 6) is 0.774. The molecule has 0 saturated carbocycles. The molecule has 1 aromatic rings. The molecule has 15 heavy (non-hydrogen) atoms. The van der Waals surface area contributed by atoms with Crippen molar-refractivity contribution in [2.75, 3.05) is 0 Å². The van der Waals surface area contributed by atoms with Crippen molar-refractivity contribution in [2.24, 2.45) is 0 Å². The number of halogens is 1. The van der Waals surface area contributed by atoms with Gasteiger partial charge in [0.25, 0.3) is 0 Å². The Morgan fingerprint density at radius 1 is 1.53 bits per heavy atom. The minimum Gasteiger partial charge on any atom is -0.475 e. The minimum absolute atomic E-state index is 0.0666. The van der Waals surface area contributed by atoms with Crippen LogP contribution in [0.1, 0.15) is 36.2 Å². The second kappa shape index (κ2) is 5.17. The first kappa shape index (κ1) is 12.1. The van der Waals surface area contributed by atoms with Crippen molar-refractivity contribution >= 4 is 17.4 Å².